The van der Waals surface area contributed by atoms with E-state index in [9.17, 15) is 4.79 Å². The van der Waals surface area contributed by atoms with E-state index in [1.165, 1.54) is 16.9 Å². The Hall–Kier alpha value is -2.25. The number of thiophene rings is 1. The molecule has 5 rings (SSSR count). The highest BCUT2D eigenvalue weighted by molar-refractivity contribution is 7.71. The molecule has 1 N–H and O–H groups in total. The number of aromatic amines is 1. The third kappa shape index (κ3) is 2.10. The van der Waals surface area contributed by atoms with Crippen molar-refractivity contribution in [3.8, 4) is 5.69 Å². The number of fused-ring (bicyclic) bond motifs is 5. The van der Waals surface area contributed by atoms with Crippen molar-refractivity contribution in [3.63, 3.8) is 0 Å². The van der Waals surface area contributed by atoms with Crippen LogP contribution in [0.3, 0.4) is 0 Å². The summed E-state index contributed by atoms with van der Waals surface area (Å²) in [4.78, 5) is 15.8. The Balaban J connectivity index is 2.01. The first-order valence-corrected chi connectivity index (χ1v) is 10.0. The van der Waals surface area contributed by atoms with Gasteiger partial charge >= 0.3 is 0 Å². The summed E-state index contributed by atoms with van der Waals surface area (Å²) in [5, 5.41) is 8.05. The second-order valence-electron chi connectivity index (χ2n) is 7.05. The molecule has 7 heteroatoms. The first-order valence-electron chi connectivity index (χ1n) is 8.80. The van der Waals surface area contributed by atoms with Gasteiger partial charge in [0, 0.05) is 4.88 Å². The Morgan fingerprint density at radius 3 is 2.85 bits per heavy atom. The number of benzene rings is 1. The van der Waals surface area contributed by atoms with Gasteiger partial charge in [-0.15, -0.1) is 16.4 Å². The highest BCUT2D eigenvalue weighted by Crippen LogP contribution is 2.41. The van der Waals surface area contributed by atoms with Crippen LogP contribution in [0.1, 0.15) is 41.7 Å². The molecule has 0 saturated heterocycles. The first-order chi connectivity index (χ1) is 12.6. The lowest BCUT2D eigenvalue weighted by molar-refractivity contribution is 0.601. The van der Waals surface area contributed by atoms with E-state index in [4.69, 9.17) is 12.2 Å². The van der Waals surface area contributed by atoms with Crippen molar-refractivity contribution in [1.82, 2.24) is 19.2 Å². The van der Waals surface area contributed by atoms with Crippen LogP contribution < -0.4 is 5.56 Å². The minimum absolute atomic E-state index is 0.00315. The standard InChI is InChI=1S/C19H18N4OS2/c1-10-6-8-12(9-7-10)22-16(24)15-14-11(2)4-3-5-13(14)26-17(15)23-18(22)20-21-19(23)25/h6-9,11H,3-5H2,1-2H3,(H,21,25). The predicted molar refractivity (Wildman–Crippen MR) is 107 cm³/mol. The number of nitrogens with one attached hydrogen (secondary N) is 1. The van der Waals surface area contributed by atoms with E-state index in [2.05, 4.69) is 17.1 Å². The van der Waals surface area contributed by atoms with Crippen molar-refractivity contribution in [3.05, 3.63) is 55.4 Å². The van der Waals surface area contributed by atoms with Crippen LogP contribution in [0.2, 0.25) is 0 Å². The molecular weight excluding hydrogens is 364 g/mol. The van der Waals surface area contributed by atoms with Crippen LogP contribution in [0.15, 0.2) is 29.1 Å². The lowest BCUT2D eigenvalue weighted by Crippen LogP contribution is -2.22. The molecule has 132 valence electrons. The molecule has 4 aromatic rings. The fourth-order valence-electron chi connectivity index (χ4n) is 4.01. The normalized spacial score (nSPS) is 17.1. The minimum atomic E-state index is -0.00315. The molecule has 0 aliphatic heterocycles. The van der Waals surface area contributed by atoms with Gasteiger partial charge in [0.1, 0.15) is 4.83 Å². The van der Waals surface area contributed by atoms with Crippen molar-refractivity contribution < 1.29 is 0 Å². The summed E-state index contributed by atoms with van der Waals surface area (Å²) in [6.45, 7) is 4.26. The highest BCUT2D eigenvalue weighted by atomic mass is 32.1. The summed E-state index contributed by atoms with van der Waals surface area (Å²) < 4.78 is 4.13. The Morgan fingerprint density at radius 2 is 2.08 bits per heavy atom. The molecule has 1 atom stereocenters. The zero-order valence-electron chi connectivity index (χ0n) is 14.6. The molecule has 0 spiro atoms. The Labute approximate surface area is 158 Å². The first kappa shape index (κ1) is 16.0. The van der Waals surface area contributed by atoms with E-state index in [1.807, 2.05) is 35.6 Å². The average Bonchev–Trinajstić information content (AvgIpc) is 3.18. The lowest BCUT2D eigenvalue weighted by atomic mass is 9.88. The maximum Gasteiger partial charge on any atom is 0.268 e. The van der Waals surface area contributed by atoms with Crippen LogP contribution in [-0.2, 0) is 6.42 Å². The quantitative estimate of drug-likeness (QED) is 0.493. The summed E-state index contributed by atoms with van der Waals surface area (Å²) >= 11 is 7.19. The van der Waals surface area contributed by atoms with E-state index in [0.717, 1.165) is 34.3 Å². The molecule has 1 aliphatic rings. The number of aryl methyl sites for hydroxylation is 2. The summed E-state index contributed by atoms with van der Waals surface area (Å²) in [5.41, 5.74) is 3.17. The van der Waals surface area contributed by atoms with Crippen LogP contribution in [0, 0.1) is 11.7 Å². The summed E-state index contributed by atoms with van der Waals surface area (Å²) in [6, 6.07) is 7.94. The van der Waals surface area contributed by atoms with Crippen LogP contribution in [0.5, 0.6) is 0 Å². The Morgan fingerprint density at radius 1 is 1.31 bits per heavy atom. The van der Waals surface area contributed by atoms with Crippen molar-refractivity contribution in [2.24, 2.45) is 0 Å². The number of aromatic nitrogens is 4. The number of hydrogen-bond donors (Lipinski definition) is 1. The van der Waals surface area contributed by atoms with Crippen LogP contribution in [0.4, 0.5) is 0 Å². The molecule has 26 heavy (non-hydrogen) atoms. The molecule has 1 unspecified atom stereocenters. The Bertz CT molecular complexity index is 1270. The maximum absolute atomic E-state index is 13.6. The number of H-pyrrole nitrogens is 1. The number of nitrogens with zero attached hydrogens (tertiary/aromatic N) is 3. The SMILES string of the molecule is Cc1ccc(-n2c(=O)c3c4c(sc3n3c(=S)[nH]nc23)CCCC4C)cc1. The second kappa shape index (κ2) is 5.62. The molecule has 1 aromatic carbocycles. The zero-order chi connectivity index (χ0) is 18.0. The predicted octanol–water partition coefficient (Wildman–Crippen LogP) is 4.51. The fourth-order valence-corrected chi connectivity index (χ4v) is 5.75. The molecule has 0 fully saturated rings. The zero-order valence-corrected chi connectivity index (χ0v) is 16.2. The topological polar surface area (TPSA) is 55.1 Å². The molecule has 0 amide bonds. The second-order valence-corrected chi connectivity index (χ2v) is 8.52. The summed E-state index contributed by atoms with van der Waals surface area (Å²) in [6.07, 6.45) is 3.33. The number of hydrogen-bond acceptors (Lipinski definition) is 4. The largest absolute Gasteiger partial charge is 0.268 e. The molecule has 5 nitrogen and oxygen atoms in total. The van der Waals surface area contributed by atoms with Gasteiger partial charge in [0.05, 0.1) is 11.1 Å². The third-order valence-corrected chi connectivity index (χ3v) is 6.83. The molecule has 0 saturated carbocycles. The van der Waals surface area contributed by atoms with Crippen LogP contribution >= 0.6 is 23.6 Å². The molecule has 0 radical (unpaired) electrons. The van der Waals surface area contributed by atoms with E-state index < -0.39 is 0 Å². The van der Waals surface area contributed by atoms with E-state index in [0.29, 0.717) is 16.5 Å². The van der Waals surface area contributed by atoms with Crippen molar-refractivity contribution >= 4 is 39.5 Å². The Kier molecular flexibility index (Phi) is 3.45. The summed E-state index contributed by atoms with van der Waals surface area (Å²) in [5.74, 6) is 0.938. The van der Waals surface area contributed by atoms with Crippen molar-refractivity contribution in [2.45, 2.75) is 39.0 Å². The van der Waals surface area contributed by atoms with Gasteiger partial charge in [-0.2, -0.15) is 0 Å². The molecule has 3 aromatic heterocycles. The van der Waals surface area contributed by atoms with Gasteiger partial charge in [0.15, 0.2) is 0 Å². The van der Waals surface area contributed by atoms with E-state index >= 15 is 0 Å². The van der Waals surface area contributed by atoms with Gasteiger partial charge in [0.25, 0.3) is 5.56 Å². The van der Waals surface area contributed by atoms with Crippen molar-refractivity contribution in [2.75, 3.05) is 0 Å². The van der Waals surface area contributed by atoms with Gasteiger partial charge < -0.3 is 0 Å². The highest BCUT2D eigenvalue weighted by Gasteiger charge is 2.27. The molecule has 3 heterocycles. The molecule has 0 bridgehead atoms. The maximum atomic E-state index is 13.6. The van der Waals surface area contributed by atoms with Crippen molar-refractivity contribution in [1.29, 1.82) is 0 Å². The van der Waals surface area contributed by atoms with Crippen LogP contribution in [-0.4, -0.2) is 19.2 Å². The lowest BCUT2D eigenvalue weighted by Gasteiger charge is -2.18. The van der Waals surface area contributed by atoms with E-state index in [-0.39, 0.29) is 5.56 Å². The third-order valence-electron chi connectivity index (χ3n) is 5.30. The summed E-state index contributed by atoms with van der Waals surface area (Å²) in [7, 11) is 0. The molecular formula is C19H18N4OS2. The molecule has 1 aliphatic carbocycles. The average molecular weight is 383 g/mol. The minimum Gasteiger partial charge on any atom is -0.268 e. The van der Waals surface area contributed by atoms with Gasteiger partial charge in [-0.05, 0) is 62.0 Å². The van der Waals surface area contributed by atoms with Gasteiger partial charge in [0.2, 0.25) is 10.5 Å². The van der Waals surface area contributed by atoms with Gasteiger partial charge in [-0.25, -0.2) is 14.1 Å². The van der Waals surface area contributed by atoms with Gasteiger partial charge in [-0.1, -0.05) is 24.6 Å². The van der Waals surface area contributed by atoms with Gasteiger partial charge in [-0.3, -0.25) is 4.79 Å². The number of rotatable bonds is 1. The van der Waals surface area contributed by atoms with Crippen LogP contribution in [0.25, 0.3) is 21.7 Å². The fraction of sp³-hybridized carbons (Fsp3) is 0.316. The smallest absolute Gasteiger partial charge is 0.268 e. The van der Waals surface area contributed by atoms with E-state index in [1.54, 1.807) is 15.9 Å². The monoisotopic (exact) mass is 382 g/mol.